The molecule has 0 fully saturated rings. The summed E-state index contributed by atoms with van der Waals surface area (Å²) < 4.78 is 0. The van der Waals surface area contributed by atoms with E-state index in [1.165, 1.54) is 0 Å². The van der Waals surface area contributed by atoms with Crippen molar-refractivity contribution in [1.82, 2.24) is 15.6 Å². The number of amides is 2. The number of aromatic nitrogens is 1. The first-order chi connectivity index (χ1) is 10.6. The van der Waals surface area contributed by atoms with Crippen LogP contribution in [0.15, 0.2) is 54.9 Å². The van der Waals surface area contributed by atoms with Crippen molar-refractivity contribution in [2.45, 2.75) is 19.0 Å². The molecular formula is C16H16N3O3-. The number of nitrogens with zero attached hydrogens (tertiary/aromatic N) is 1. The second-order valence-corrected chi connectivity index (χ2v) is 4.75. The molecule has 114 valence electrons. The van der Waals surface area contributed by atoms with E-state index in [1.807, 2.05) is 24.3 Å². The first kappa shape index (κ1) is 15.5. The van der Waals surface area contributed by atoms with Crippen LogP contribution in [0.25, 0.3) is 0 Å². The molecule has 0 aliphatic rings. The molecule has 0 bridgehead atoms. The maximum Gasteiger partial charge on any atom is 0.315 e. The minimum absolute atomic E-state index is 0.170. The van der Waals surface area contributed by atoms with E-state index in [0.717, 1.165) is 11.1 Å². The SMILES string of the molecule is O=C(NCc1cccnc1)N[C@@H](Cc1ccccc1)C(=O)[O-]. The van der Waals surface area contributed by atoms with Crippen molar-refractivity contribution in [3.05, 3.63) is 66.0 Å². The number of aliphatic carboxylic acids is 1. The lowest BCUT2D eigenvalue weighted by atomic mass is 10.1. The second kappa shape index (κ2) is 7.78. The average molecular weight is 298 g/mol. The van der Waals surface area contributed by atoms with Crippen molar-refractivity contribution >= 4 is 12.0 Å². The second-order valence-electron chi connectivity index (χ2n) is 4.75. The van der Waals surface area contributed by atoms with Gasteiger partial charge in [-0.2, -0.15) is 0 Å². The van der Waals surface area contributed by atoms with Crippen molar-refractivity contribution in [3.8, 4) is 0 Å². The molecule has 0 spiro atoms. The van der Waals surface area contributed by atoms with Crippen LogP contribution in [0.3, 0.4) is 0 Å². The minimum Gasteiger partial charge on any atom is -0.548 e. The number of urea groups is 1. The zero-order valence-corrected chi connectivity index (χ0v) is 11.9. The third-order valence-electron chi connectivity index (χ3n) is 3.05. The third kappa shape index (κ3) is 4.90. The van der Waals surface area contributed by atoms with E-state index in [1.54, 1.807) is 30.6 Å². The monoisotopic (exact) mass is 298 g/mol. The van der Waals surface area contributed by atoms with Crippen LogP contribution in [0, 0.1) is 0 Å². The van der Waals surface area contributed by atoms with Gasteiger partial charge in [-0.05, 0) is 23.6 Å². The van der Waals surface area contributed by atoms with E-state index in [9.17, 15) is 14.7 Å². The number of hydrogen-bond acceptors (Lipinski definition) is 4. The van der Waals surface area contributed by atoms with Crippen molar-refractivity contribution < 1.29 is 14.7 Å². The first-order valence-corrected chi connectivity index (χ1v) is 6.83. The maximum absolute atomic E-state index is 11.8. The highest BCUT2D eigenvalue weighted by Gasteiger charge is 2.13. The Morgan fingerprint density at radius 3 is 2.45 bits per heavy atom. The lowest BCUT2D eigenvalue weighted by molar-refractivity contribution is -0.308. The largest absolute Gasteiger partial charge is 0.548 e. The van der Waals surface area contributed by atoms with Crippen LogP contribution < -0.4 is 15.7 Å². The van der Waals surface area contributed by atoms with Gasteiger partial charge in [-0.1, -0.05) is 36.4 Å². The topological polar surface area (TPSA) is 94.2 Å². The van der Waals surface area contributed by atoms with Gasteiger partial charge in [0.2, 0.25) is 0 Å². The van der Waals surface area contributed by atoms with Crippen LogP contribution in [0.5, 0.6) is 0 Å². The van der Waals surface area contributed by atoms with Crippen LogP contribution in [0.4, 0.5) is 4.79 Å². The van der Waals surface area contributed by atoms with E-state index in [4.69, 9.17) is 0 Å². The van der Waals surface area contributed by atoms with E-state index in [2.05, 4.69) is 15.6 Å². The number of carboxylic acids is 1. The molecular weight excluding hydrogens is 282 g/mol. The zero-order valence-electron chi connectivity index (χ0n) is 11.9. The molecule has 1 aromatic heterocycles. The first-order valence-electron chi connectivity index (χ1n) is 6.83. The van der Waals surface area contributed by atoms with E-state index >= 15 is 0 Å². The molecule has 0 unspecified atom stereocenters. The Hall–Kier alpha value is -2.89. The molecule has 1 heterocycles. The Morgan fingerprint density at radius 2 is 1.82 bits per heavy atom. The molecule has 0 aliphatic heterocycles. The molecule has 1 aromatic carbocycles. The fourth-order valence-electron chi connectivity index (χ4n) is 1.94. The maximum atomic E-state index is 11.8. The molecule has 22 heavy (non-hydrogen) atoms. The molecule has 1 atom stereocenters. The van der Waals surface area contributed by atoms with Crippen LogP contribution in [-0.4, -0.2) is 23.0 Å². The number of pyridine rings is 1. The van der Waals surface area contributed by atoms with E-state index < -0.39 is 18.0 Å². The molecule has 0 saturated carbocycles. The van der Waals surface area contributed by atoms with Gasteiger partial charge in [0.25, 0.3) is 0 Å². The van der Waals surface area contributed by atoms with Gasteiger partial charge in [-0.15, -0.1) is 0 Å². The van der Waals surface area contributed by atoms with Gasteiger partial charge in [-0.3, -0.25) is 4.98 Å². The van der Waals surface area contributed by atoms with Crippen molar-refractivity contribution in [2.75, 3.05) is 0 Å². The lowest BCUT2D eigenvalue weighted by Crippen LogP contribution is -2.51. The summed E-state index contributed by atoms with van der Waals surface area (Å²) in [6.45, 7) is 0.269. The molecule has 0 radical (unpaired) electrons. The van der Waals surface area contributed by atoms with Gasteiger partial charge < -0.3 is 20.5 Å². The highest BCUT2D eigenvalue weighted by atomic mass is 16.4. The van der Waals surface area contributed by atoms with Crippen LogP contribution in [-0.2, 0) is 17.8 Å². The minimum atomic E-state index is -1.32. The van der Waals surface area contributed by atoms with Gasteiger partial charge in [0.15, 0.2) is 0 Å². The smallest absolute Gasteiger partial charge is 0.315 e. The van der Waals surface area contributed by atoms with Gasteiger partial charge in [0, 0.05) is 18.9 Å². The highest BCUT2D eigenvalue weighted by molar-refractivity contribution is 5.81. The molecule has 6 nitrogen and oxygen atoms in total. The molecule has 2 aromatic rings. The standard InChI is InChI=1S/C16H17N3O3/c20-15(21)14(9-12-5-2-1-3-6-12)19-16(22)18-11-13-7-4-8-17-10-13/h1-8,10,14H,9,11H2,(H,20,21)(H2,18,19,22)/p-1/t14-/m0/s1. The van der Waals surface area contributed by atoms with Crippen molar-refractivity contribution in [2.24, 2.45) is 0 Å². The number of carbonyl (C=O) groups excluding carboxylic acids is 2. The van der Waals surface area contributed by atoms with E-state index in [-0.39, 0.29) is 13.0 Å². The van der Waals surface area contributed by atoms with Gasteiger partial charge in [-0.25, -0.2) is 4.79 Å². The summed E-state index contributed by atoms with van der Waals surface area (Å²) in [7, 11) is 0. The average Bonchev–Trinajstić information content (AvgIpc) is 2.54. The highest BCUT2D eigenvalue weighted by Crippen LogP contribution is 2.03. The fraction of sp³-hybridized carbons (Fsp3) is 0.188. The predicted octanol–water partition coefficient (Wildman–Crippen LogP) is 0.242. The third-order valence-corrected chi connectivity index (χ3v) is 3.05. The molecule has 0 saturated heterocycles. The van der Waals surface area contributed by atoms with Crippen molar-refractivity contribution in [3.63, 3.8) is 0 Å². The molecule has 2 amide bonds. The van der Waals surface area contributed by atoms with E-state index in [0.29, 0.717) is 0 Å². The number of rotatable bonds is 6. The fourth-order valence-corrected chi connectivity index (χ4v) is 1.94. The van der Waals surface area contributed by atoms with Crippen LogP contribution >= 0.6 is 0 Å². The summed E-state index contributed by atoms with van der Waals surface area (Å²) in [6.07, 6.45) is 3.43. The number of hydrogen-bond donors (Lipinski definition) is 2. The molecule has 6 heteroatoms. The molecule has 2 N–H and O–H groups in total. The Bertz CT molecular complexity index is 617. The number of benzene rings is 1. The Kier molecular flexibility index (Phi) is 5.48. The molecule has 2 rings (SSSR count). The predicted molar refractivity (Wildman–Crippen MR) is 78.5 cm³/mol. The summed E-state index contributed by atoms with van der Waals surface area (Å²) in [5.41, 5.74) is 1.63. The Balaban J connectivity index is 1.88. The number of carboxylic acid groups (broad SMARTS) is 1. The normalized spacial score (nSPS) is 11.5. The van der Waals surface area contributed by atoms with Crippen molar-refractivity contribution in [1.29, 1.82) is 0 Å². The summed E-state index contributed by atoms with van der Waals surface area (Å²) in [5.74, 6) is -1.32. The quantitative estimate of drug-likeness (QED) is 0.799. The number of nitrogens with one attached hydrogen (secondary N) is 2. The summed E-state index contributed by atoms with van der Waals surface area (Å²) in [5, 5.41) is 16.1. The summed E-state index contributed by atoms with van der Waals surface area (Å²) >= 11 is 0. The lowest BCUT2D eigenvalue weighted by Gasteiger charge is -2.20. The summed E-state index contributed by atoms with van der Waals surface area (Å²) in [6, 6.07) is 11.0. The van der Waals surface area contributed by atoms with Gasteiger partial charge >= 0.3 is 6.03 Å². The Labute approximate surface area is 128 Å². The Morgan fingerprint density at radius 1 is 1.09 bits per heavy atom. The van der Waals surface area contributed by atoms with Crippen LogP contribution in [0.1, 0.15) is 11.1 Å². The summed E-state index contributed by atoms with van der Waals surface area (Å²) in [4.78, 5) is 26.9. The van der Waals surface area contributed by atoms with Crippen LogP contribution in [0.2, 0.25) is 0 Å². The molecule has 0 aliphatic carbocycles. The van der Waals surface area contributed by atoms with Gasteiger partial charge in [0.05, 0.1) is 12.0 Å². The number of carbonyl (C=O) groups is 2. The zero-order chi connectivity index (χ0) is 15.8. The van der Waals surface area contributed by atoms with Gasteiger partial charge in [0.1, 0.15) is 0 Å².